The van der Waals surface area contributed by atoms with Gasteiger partial charge < -0.3 is 14.2 Å². The molecule has 0 saturated heterocycles. The molecule has 1 aromatic heterocycles. The number of aromatic nitrogens is 1. The smallest absolute Gasteiger partial charge is 0.357 e. The summed E-state index contributed by atoms with van der Waals surface area (Å²) in [6.07, 6.45) is 0. The monoisotopic (exact) mass is 321 g/mol. The van der Waals surface area contributed by atoms with E-state index in [0.717, 1.165) is 10.6 Å². The topological polar surface area (TPSA) is 57.7 Å². The van der Waals surface area contributed by atoms with Gasteiger partial charge in [0, 0.05) is 5.38 Å². The molecule has 0 unspecified atom stereocenters. The van der Waals surface area contributed by atoms with Crippen LogP contribution in [0.5, 0.6) is 0 Å². The first-order valence-electron chi connectivity index (χ1n) is 7.10. The van der Waals surface area contributed by atoms with Crippen molar-refractivity contribution in [1.29, 1.82) is 0 Å². The Bertz CT molecular complexity index is 571. The molecule has 0 radical (unpaired) electrons. The zero-order valence-electron chi connectivity index (χ0n) is 12.5. The van der Waals surface area contributed by atoms with E-state index in [0.29, 0.717) is 38.7 Å². The second kappa shape index (κ2) is 9.30. The third kappa shape index (κ3) is 5.55. The Hall–Kier alpha value is -1.76. The molecule has 0 amide bonds. The fraction of sp³-hybridized carbons (Fsp3) is 0.375. The van der Waals surface area contributed by atoms with Crippen LogP contribution in [0.1, 0.15) is 28.0 Å². The van der Waals surface area contributed by atoms with Crippen molar-refractivity contribution in [1.82, 2.24) is 4.98 Å². The van der Waals surface area contributed by atoms with E-state index < -0.39 is 5.97 Å². The van der Waals surface area contributed by atoms with Gasteiger partial charge >= 0.3 is 5.97 Å². The summed E-state index contributed by atoms with van der Waals surface area (Å²) < 4.78 is 15.9. The quantitative estimate of drug-likeness (QED) is 0.525. The molecule has 2 aromatic rings. The lowest BCUT2D eigenvalue weighted by Crippen LogP contribution is -2.06. The van der Waals surface area contributed by atoms with E-state index in [9.17, 15) is 4.79 Å². The Balaban J connectivity index is 1.60. The van der Waals surface area contributed by atoms with E-state index in [1.165, 1.54) is 11.3 Å². The second-order valence-corrected chi connectivity index (χ2v) is 5.38. The number of carbonyl (C=O) groups is 1. The fourth-order valence-corrected chi connectivity index (χ4v) is 2.42. The van der Waals surface area contributed by atoms with E-state index in [1.807, 2.05) is 30.3 Å². The van der Waals surface area contributed by atoms with E-state index in [-0.39, 0.29) is 0 Å². The van der Waals surface area contributed by atoms with Gasteiger partial charge in [0.25, 0.3) is 0 Å². The van der Waals surface area contributed by atoms with Gasteiger partial charge in [-0.2, -0.15) is 0 Å². The van der Waals surface area contributed by atoms with Gasteiger partial charge in [-0.1, -0.05) is 30.3 Å². The molecule has 5 nitrogen and oxygen atoms in total. The number of ether oxygens (including phenoxy) is 3. The lowest BCUT2D eigenvalue weighted by atomic mass is 10.2. The van der Waals surface area contributed by atoms with Gasteiger partial charge in [-0.05, 0) is 12.5 Å². The SMILES string of the molecule is CCOC(=O)c1csc(COCCOCc2ccccc2)n1. The first-order chi connectivity index (χ1) is 10.8. The maximum atomic E-state index is 11.5. The number of thiazole rings is 1. The first kappa shape index (κ1) is 16.6. The molecule has 0 N–H and O–H groups in total. The summed E-state index contributed by atoms with van der Waals surface area (Å²) in [6.45, 7) is 4.07. The highest BCUT2D eigenvalue weighted by atomic mass is 32.1. The van der Waals surface area contributed by atoms with Crippen molar-refractivity contribution >= 4 is 17.3 Å². The standard InChI is InChI=1S/C16H19NO4S/c1-2-21-16(18)14-12-22-15(17-14)11-20-9-8-19-10-13-6-4-3-5-7-13/h3-7,12H,2,8-11H2,1H3. The highest BCUT2D eigenvalue weighted by molar-refractivity contribution is 7.09. The van der Waals surface area contributed by atoms with Crippen LogP contribution in [0, 0.1) is 0 Å². The minimum Gasteiger partial charge on any atom is -0.461 e. The number of esters is 1. The molecular weight excluding hydrogens is 302 g/mol. The minimum atomic E-state index is -0.392. The van der Waals surface area contributed by atoms with Gasteiger partial charge in [0.2, 0.25) is 0 Å². The molecule has 0 fully saturated rings. The average Bonchev–Trinajstić information content (AvgIpc) is 3.01. The molecule has 0 aliphatic heterocycles. The molecule has 118 valence electrons. The van der Waals surface area contributed by atoms with Crippen LogP contribution < -0.4 is 0 Å². The van der Waals surface area contributed by atoms with Crippen molar-refractivity contribution in [3.05, 3.63) is 52.0 Å². The van der Waals surface area contributed by atoms with Gasteiger partial charge in [0.05, 0.1) is 33.0 Å². The molecular formula is C16H19NO4S. The number of hydrogen-bond acceptors (Lipinski definition) is 6. The number of benzene rings is 1. The van der Waals surface area contributed by atoms with Crippen LogP contribution in [0.25, 0.3) is 0 Å². The Morgan fingerprint density at radius 2 is 1.86 bits per heavy atom. The van der Waals surface area contributed by atoms with Crippen molar-refractivity contribution in [3.63, 3.8) is 0 Å². The fourth-order valence-electron chi connectivity index (χ4n) is 1.72. The Morgan fingerprint density at radius 3 is 2.59 bits per heavy atom. The number of hydrogen-bond donors (Lipinski definition) is 0. The zero-order chi connectivity index (χ0) is 15.6. The van der Waals surface area contributed by atoms with Crippen molar-refractivity contribution in [2.75, 3.05) is 19.8 Å². The summed E-state index contributed by atoms with van der Waals surface area (Å²) in [7, 11) is 0. The third-order valence-electron chi connectivity index (χ3n) is 2.75. The maximum Gasteiger partial charge on any atom is 0.357 e. The van der Waals surface area contributed by atoms with Crippen LogP contribution in [-0.2, 0) is 27.4 Å². The molecule has 2 rings (SSSR count). The molecule has 6 heteroatoms. The molecule has 0 aliphatic carbocycles. The zero-order valence-corrected chi connectivity index (χ0v) is 13.3. The van der Waals surface area contributed by atoms with Gasteiger partial charge in [0.1, 0.15) is 5.01 Å². The summed E-state index contributed by atoms with van der Waals surface area (Å²) in [6, 6.07) is 9.99. The van der Waals surface area contributed by atoms with E-state index in [1.54, 1.807) is 12.3 Å². The van der Waals surface area contributed by atoms with Crippen molar-refractivity contribution < 1.29 is 19.0 Å². The highest BCUT2D eigenvalue weighted by Gasteiger charge is 2.11. The number of nitrogens with zero attached hydrogens (tertiary/aromatic N) is 1. The van der Waals surface area contributed by atoms with E-state index in [4.69, 9.17) is 14.2 Å². The first-order valence-corrected chi connectivity index (χ1v) is 7.98. The molecule has 0 aliphatic rings. The summed E-state index contributed by atoms with van der Waals surface area (Å²) in [4.78, 5) is 15.6. The van der Waals surface area contributed by atoms with Gasteiger partial charge in [-0.15, -0.1) is 11.3 Å². The number of rotatable bonds is 9. The molecule has 0 saturated carbocycles. The lowest BCUT2D eigenvalue weighted by Gasteiger charge is -2.04. The van der Waals surface area contributed by atoms with Crippen LogP contribution in [0.2, 0.25) is 0 Å². The van der Waals surface area contributed by atoms with E-state index in [2.05, 4.69) is 4.98 Å². The van der Waals surface area contributed by atoms with Crippen LogP contribution >= 0.6 is 11.3 Å². The largest absolute Gasteiger partial charge is 0.461 e. The average molecular weight is 321 g/mol. The Morgan fingerprint density at radius 1 is 1.14 bits per heavy atom. The maximum absolute atomic E-state index is 11.5. The summed E-state index contributed by atoms with van der Waals surface area (Å²) >= 11 is 1.39. The molecule has 0 atom stereocenters. The summed E-state index contributed by atoms with van der Waals surface area (Å²) in [5, 5.41) is 2.44. The molecule has 0 spiro atoms. The summed E-state index contributed by atoms with van der Waals surface area (Å²) in [5.74, 6) is -0.392. The Labute approximate surface area is 133 Å². The number of carbonyl (C=O) groups excluding carboxylic acids is 1. The van der Waals surface area contributed by atoms with Gasteiger partial charge in [-0.3, -0.25) is 0 Å². The molecule has 1 aromatic carbocycles. The molecule has 1 heterocycles. The third-order valence-corrected chi connectivity index (χ3v) is 3.57. The Kier molecular flexibility index (Phi) is 7.02. The highest BCUT2D eigenvalue weighted by Crippen LogP contribution is 2.12. The van der Waals surface area contributed by atoms with Gasteiger partial charge in [-0.25, -0.2) is 9.78 Å². The van der Waals surface area contributed by atoms with Crippen LogP contribution in [0.3, 0.4) is 0 Å². The lowest BCUT2D eigenvalue weighted by molar-refractivity contribution is 0.0336. The van der Waals surface area contributed by atoms with Crippen LogP contribution in [0.4, 0.5) is 0 Å². The predicted molar refractivity (Wildman–Crippen MR) is 83.8 cm³/mol. The summed E-state index contributed by atoms with van der Waals surface area (Å²) in [5.41, 5.74) is 1.48. The minimum absolute atomic E-state index is 0.339. The van der Waals surface area contributed by atoms with Crippen LogP contribution in [-0.4, -0.2) is 30.8 Å². The van der Waals surface area contributed by atoms with Crippen molar-refractivity contribution in [2.45, 2.75) is 20.1 Å². The van der Waals surface area contributed by atoms with E-state index >= 15 is 0 Å². The van der Waals surface area contributed by atoms with Crippen molar-refractivity contribution in [3.8, 4) is 0 Å². The molecule has 22 heavy (non-hydrogen) atoms. The van der Waals surface area contributed by atoms with Crippen LogP contribution in [0.15, 0.2) is 35.7 Å². The van der Waals surface area contributed by atoms with Crippen molar-refractivity contribution in [2.24, 2.45) is 0 Å². The second-order valence-electron chi connectivity index (χ2n) is 4.44. The molecule has 0 bridgehead atoms. The normalized spacial score (nSPS) is 10.6. The predicted octanol–water partition coefficient (Wildman–Crippen LogP) is 3.05. The van der Waals surface area contributed by atoms with Gasteiger partial charge in [0.15, 0.2) is 5.69 Å².